The summed E-state index contributed by atoms with van der Waals surface area (Å²) in [5.74, 6) is -1.42. The minimum absolute atomic E-state index is 0.0161. The largest absolute Gasteiger partial charge is 0.380 e. The van der Waals surface area contributed by atoms with E-state index >= 15 is 0 Å². The van der Waals surface area contributed by atoms with Crippen LogP contribution in [0.25, 0.3) is 0 Å². The third-order valence-corrected chi connectivity index (χ3v) is 5.08. The molecule has 0 radical (unpaired) electrons. The number of anilines is 1. The zero-order chi connectivity index (χ0) is 17.8. The van der Waals surface area contributed by atoms with Gasteiger partial charge in [0.05, 0.1) is 5.75 Å². The minimum Gasteiger partial charge on any atom is -0.380 e. The zero-order valence-corrected chi connectivity index (χ0v) is 14.6. The highest BCUT2D eigenvalue weighted by Gasteiger charge is 2.24. The number of likely N-dealkylation sites (tertiary alicyclic amines) is 1. The van der Waals surface area contributed by atoms with Gasteiger partial charge in [0.25, 0.3) is 0 Å². The summed E-state index contributed by atoms with van der Waals surface area (Å²) in [6.07, 6.45) is 3.33. The summed E-state index contributed by atoms with van der Waals surface area (Å²) in [6.45, 7) is 1.24. The van der Waals surface area contributed by atoms with Crippen LogP contribution in [0.3, 0.4) is 0 Å². The number of nitrogens with zero attached hydrogens (tertiary/aromatic N) is 4. The van der Waals surface area contributed by atoms with Gasteiger partial charge in [-0.3, -0.25) is 4.79 Å². The first kappa shape index (κ1) is 17.7. The van der Waals surface area contributed by atoms with E-state index in [1.807, 2.05) is 7.05 Å². The minimum atomic E-state index is -0.881. The Bertz CT molecular complexity index is 754. The molecule has 1 aliphatic rings. The Labute approximate surface area is 148 Å². The van der Waals surface area contributed by atoms with Crippen molar-refractivity contribution in [3.05, 3.63) is 36.2 Å². The van der Waals surface area contributed by atoms with E-state index in [4.69, 9.17) is 0 Å². The second kappa shape index (κ2) is 7.81. The van der Waals surface area contributed by atoms with E-state index in [0.29, 0.717) is 29.7 Å². The number of carbonyl (C=O) groups excluding carboxylic acids is 1. The zero-order valence-electron chi connectivity index (χ0n) is 13.8. The summed E-state index contributed by atoms with van der Waals surface area (Å²) in [5.41, 5.74) is 0.520. The summed E-state index contributed by atoms with van der Waals surface area (Å²) in [6, 6.07) is 3.76. The number of hydrogen-bond acceptors (Lipinski definition) is 5. The molecule has 0 saturated carbocycles. The molecule has 2 heterocycles. The normalized spacial score (nSPS) is 17.6. The van der Waals surface area contributed by atoms with Crippen LogP contribution < -0.4 is 5.32 Å². The SMILES string of the molecule is Cn1cnnc1SCC(=O)N1CCC[C@@H](Nc2ccc(F)c(F)c2)C1. The highest BCUT2D eigenvalue weighted by molar-refractivity contribution is 7.99. The first-order valence-electron chi connectivity index (χ1n) is 7.99. The summed E-state index contributed by atoms with van der Waals surface area (Å²) in [7, 11) is 1.83. The monoisotopic (exact) mass is 367 g/mol. The van der Waals surface area contributed by atoms with Gasteiger partial charge in [-0.05, 0) is 25.0 Å². The number of rotatable bonds is 5. The summed E-state index contributed by atoms with van der Waals surface area (Å²) in [5, 5.41) is 11.6. The standard InChI is InChI=1S/C16H19F2N5OS/c1-22-10-19-21-16(22)25-9-15(24)23-6-2-3-12(8-23)20-11-4-5-13(17)14(18)7-11/h4-5,7,10,12,20H,2-3,6,8-9H2,1H3/t12-/m1/s1. The number of halogens is 2. The Morgan fingerprint density at radius 3 is 2.96 bits per heavy atom. The van der Waals surface area contributed by atoms with Gasteiger partial charge in [0.1, 0.15) is 6.33 Å². The number of carbonyl (C=O) groups is 1. The number of amides is 1. The number of thioether (sulfide) groups is 1. The fourth-order valence-electron chi connectivity index (χ4n) is 2.76. The van der Waals surface area contributed by atoms with Crippen molar-refractivity contribution in [2.75, 3.05) is 24.2 Å². The Morgan fingerprint density at radius 2 is 2.24 bits per heavy atom. The second-order valence-corrected chi connectivity index (χ2v) is 6.91. The Morgan fingerprint density at radius 1 is 1.40 bits per heavy atom. The van der Waals surface area contributed by atoms with Gasteiger partial charge in [-0.25, -0.2) is 8.78 Å². The van der Waals surface area contributed by atoms with E-state index in [9.17, 15) is 13.6 Å². The molecule has 9 heteroatoms. The maximum Gasteiger partial charge on any atom is 0.233 e. The van der Waals surface area contributed by atoms with Crippen LogP contribution in [0.5, 0.6) is 0 Å². The molecule has 1 saturated heterocycles. The van der Waals surface area contributed by atoms with Crippen LogP contribution in [0.2, 0.25) is 0 Å². The van der Waals surface area contributed by atoms with Gasteiger partial charge in [-0.1, -0.05) is 11.8 Å². The maximum atomic E-state index is 13.3. The Balaban J connectivity index is 1.54. The fourth-order valence-corrected chi connectivity index (χ4v) is 3.55. The first-order valence-corrected chi connectivity index (χ1v) is 8.97. The van der Waals surface area contributed by atoms with Gasteiger partial charge in [-0.15, -0.1) is 10.2 Å². The first-order chi connectivity index (χ1) is 12.0. The van der Waals surface area contributed by atoms with E-state index in [1.54, 1.807) is 15.8 Å². The molecule has 3 rings (SSSR count). The molecule has 1 aromatic heterocycles. The lowest BCUT2D eigenvalue weighted by atomic mass is 10.1. The predicted molar refractivity (Wildman–Crippen MR) is 91.3 cm³/mol. The van der Waals surface area contributed by atoms with Crippen LogP contribution in [0, 0.1) is 11.6 Å². The van der Waals surface area contributed by atoms with Gasteiger partial charge in [0.2, 0.25) is 5.91 Å². The lowest BCUT2D eigenvalue weighted by Crippen LogP contribution is -2.45. The van der Waals surface area contributed by atoms with Gasteiger partial charge in [0.15, 0.2) is 16.8 Å². The average Bonchev–Trinajstić information content (AvgIpc) is 3.01. The Hall–Kier alpha value is -2.16. The molecular weight excluding hydrogens is 348 g/mol. The van der Waals surface area contributed by atoms with E-state index in [1.165, 1.54) is 17.8 Å². The van der Waals surface area contributed by atoms with E-state index < -0.39 is 11.6 Å². The van der Waals surface area contributed by atoms with Gasteiger partial charge in [-0.2, -0.15) is 0 Å². The lowest BCUT2D eigenvalue weighted by molar-refractivity contribution is -0.129. The van der Waals surface area contributed by atoms with E-state index in [0.717, 1.165) is 25.0 Å². The van der Waals surface area contributed by atoms with Crippen molar-refractivity contribution in [2.24, 2.45) is 7.05 Å². The fraction of sp³-hybridized carbons (Fsp3) is 0.438. The molecule has 0 bridgehead atoms. The van der Waals surface area contributed by atoms with Crippen LogP contribution in [-0.4, -0.2) is 50.5 Å². The third-order valence-electron chi connectivity index (χ3n) is 4.06. The van der Waals surface area contributed by atoms with Crippen molar-refractivity contribution in [1.82, 2.24) is 19.7 Å². The van der Waals surface area contributed by atoms with Crippen molar-refractivity contribution in [1.29, 1.82) is 0 Å². The van der Waals surface area contributed by atoms with Gasteiger partial charge < -0.3 is 14.8 Å². The predicted octanol–water partition coefficient (Wildman–Crippen LogP) is 2.29. The van der Waals surface area contributed by atoms with Crippen LogP contribution in [0.4, 0.5) is 14.5 Å². The molecule has 2 aromatic rings. The lowest BCUT2D eigenvalue weighted by Gasteiger charge is -2.33. The quantitative estimate of drug-likeness (QED) is 0.822. The summed E-state index contributed by atoms with van der Waals surface area (Å²) < 4.78 is 28.1. The molecule has 1 amide bonds. The highest BCUT2D eigenvalue weighted by atomic mass is 32.2. The van der Waals surface area contributed by atoms with Crippen molar-refractivity contribution < 1.29 is 13.6 Å². The molecule has 134 valence electrons. The second-order valence-electron chi connectivity index (χ2n) is 5.97. The molecule has 0 unspecified atom stereocenters. The van der Waals surface area contributed by atoms with Crippen molar-refractivity contribution in [3.8, 4) is 0 Å². The van der Waals surface area contributed by atoms with Crippen molar-refractivity contribution in [2.45, 2.75) is 24.0 Å². The van der Waals surface area contributed by atoms with Gasteiger partial charge in [0, 0.05) is 37.9 Å². The van der Waals surface area contributed by atoms with Crippen LogP contribution in [-0.2, 0) is 11.8 Å². The van der Waals surface area contributed by atoms with E-state index in [2.05, 4.69) is 15.5 Å². The molecule has 1 aromatic carbocycles. The molecule has 1 atom stereocenters. The van der Waals surface area contributed by atoms with E-state index in [-0.39, 0.29) is 11.9 Å². The number of hydrogen-bond donors (Lipinski definition) is 1. The number of piperidine rings is 1. The molecule has 25 heavy (non-hydrogen) atoms. The van der Waals surface area contributed by atoms with Crippen LogP contribution >= 0.6 is 11.8 Å². The van der Waals surface area contributed by atoms with Crippen LogP contribution in [0.15, 0.2) is 29.7 Å². The number of aromatic nitrogens is 3. The Kier molecular flexibility index (Phi) is 5.52. The van der Waals surface area contributed by atoms with Gasteiger partial charge >= 0.3 is 0 Å². The molecular formula is C16H19F2N5OS. The summed E-state index contributed by atoms with van der Waals surface area (Å²) >= 11 is 1.35. The van der Waals surface area contributed by atoms with Crippen molar-refractivity contribution >= 4 is 23.4 Å². The van der Waals surface area contributed by atoms with Crippen molar-refractivity contribution in [3.63, 3.8) is 0 Å². The molecule has 1 N–H and O–H groups in total. The highest BCUT2D eigenvalue weighted by Crippen LogP contribution is 2.20. The topological polar surface area (TPSA) is 63.1 Å². The smallest absolute Gasteiger partial charge is 0.233 e. The third kappa shape index (κ3) is 4.47. The van der Waals surface area contributed by atoms with Crippen LogP contribution in [0.1, 0.15) is 12.8 Å². The average molecular weight is 367 g/mol. The molecule has 0 aliphatic carbocycles. The molecule has 1 fully saturated rings. The molecule has 6 nitrogen and oxygen atoms in total. The molecule has 1 aliphatic heterocycles. The molecule has 0 spiro atoms. The summed E-state index contributed by atoms with van der Waals surface area (Å²) in [4.78, 5) is 14.2. The number of benzene rings is 1. The number of aryl methyl sites for hydroxylation is 1. The number of nitrogens with one attached hydrogen (secondary N) is 1. The maximum absolute atomic E-state index is 13.3.